The standard InChI is InChI=1S/C16H24N4O2/c17-12-3-4-15-11(8-12)9-14(10-18-15)20-16(21)19-13-2-1-6-22-7-5-13/h9-10,12-13H,1-8,17H2,(H2,19,20,21). The highest BCUT2D eigenvalue weighted by atomic mass is 16.5. The van der Waals surface area contributed by atoms with Crippen molar-refractivity contribution in [3.8, 4) is 0 Å². The molecule has 6 heteroatoms. The molecule has 0 aromatic carbocycles. The number of pyridine rings is 1. The maximum Gasteiger partial charge on any atom is 0.319 e. The molecule has 2 atom stereocenters. The summed E-state index contributed by atoms with van der Waals surface area (Å²) in [5, 5.41) is 5.89. The number of hydrogen-bond donors (Lipinski definition) is 3. The van der Waals surface area contributed by atoms with Crippen molar-refractivity contribution in [1.29, 1.82) is 0 Å². The van der Waals surface area contributed by atoms with Gasteiger partial charge in [-0.05, 0) is 50.2 Å². The van der Waals surface area contributed by atoms with Crippen LogP contribution < -0.4 is 16.4 Å². The molecule has 2 heterocycles. The minimum absolute atomic E-state index is 0.172. The fourth-order valence-corrected chi connectivity index (χ4v) is 3.12. The van der Waals surface area contributed by atoms with Gasteiger partial charge in [-0.15, -0.1) is 0 Å². The molecule has 4 N–H and O–H groups in total. The molecular formula is C16H24N4O2. The third kappa shape index (κ3) is 3.96. The van der Waals surface area contributed by atoms with Crippen LogP contribution in [0.25, 0.3) is 0 Å². The Morgan fingerprint density at radius 3 is 3.14 bits per heavy atom. The highest BCUT2D eigenvalue weighted by molar-refractivity contribution is 5.89. The van der Waals surface area contributed by atoms with Gasteiger partial charge in [0.2, 0.25) is 0 Å². The van der Waals surface area contributed by atoms with E-state index in [4.69, 9.17) is 10.5 Å². The Morgan fingerprint density at radius 1 is 1.32 bits per heavy atom. The van der Waals surface area contributed by atoms with Gasteiger partial charge in [0.25, 0.3) is 0 Å². The molecule has 0 saturated carbocycles. The lowest BCUT2D eigenvalue weighted by Gasteiger charge is -2.21. The molecule has 120 valence electrons. The first kappa shape index (κ1) is 15.2. The number of hydrogen-bond acceptors (Lipinski definition) is 4. The lowest BCUT2D eigenvalue weighted by atomic mass is 9.92. The van der Waals surface area contributed by atoms with Crippen LogP contribution >= 0.6 is 0 Å². The highest BCUT2D eigenvalue weighted by Crippen LogP contribution is 2.21. The number of ether oxygens (including phenoxy) is 1. The van der Waals surface area contributed by atoms with Gasteiger partial charge in [-0.1, -0.05) is 0 Å². The van der Waals surface area contributed by atoms with E-state index < -0.39 is 0 Å². The van der Waals surface area contributed by atoms with Crippen LogP contribution in [0.5, 0.6) is 0 Å². The summed E-state index contributed by atoms with van der Waals surface area (Å²) in [6, 6.07) is 2.21. The number of nitrogens with zero attached hydrogens (tertiary/aromatic N) is 1. The predicted octanol–water partition coefficient (Wildman–Crippen LogP) is 1.59. The normalized spacial score (nSPS) is 25.0. The van der Waals surface area contributed by atoms with Crippen LogP contribution in [0.2, 0.25) is 0 Å². The molecule has 1 aliphatic heterocycles. The van der Waals surface area contributed by atoms with E-state index in [9.17, 15) is 4.79 Å². The third-order valence-corrected chi connectivity index (χ3v) is 4.34. The Morgan fingerprint density at radius 2 is 2.23 bits per heavy atom. The summed E-state index contributed by atoms with van der Waals surface area (Å²) in [5.74, 6) is 0. The largest absolute Gasteiger partial charge is 0.381 e. The number of carbonyl (C=O) groups excluding carboxylic acids is 1. The van der Waals surface area contributed by atoms with E-state index in [1.165, 1.54) is 0 Å². The lowest BCUT2D eigenvalue weighted by Crippen LogP contribution is -2.38. The maximum absolute atomic E-state index is 12.1. The van der Waals surface area contributed by atoms with Crippen molar-refractivity contribution >= 4 is 11.7 Å². The van der Waals surface area contributed by atoms with E-state index in [0.717, 1.165) is 62.1 Å². The molecule has 3 rings (SSSR count). The van der Waals surface area contributed by atoms with Gasteiger partial charge in [0, 0.05) is 31.0 Å². The number of anilines is 1. The predicted molar refractivity (Wildman–Crippen MR) is 84.8 cm³/mol. The van der Waals surface area contributed by atoms with Gasteiger partial charge in [-0.25, -0.2) is 4.79 Å². The molecule has 0 radical (unpaired) electrons. The topological polar surface area (TPSA) is 89.3 Å². The van der Waals surface area contributed by atoms with Crippen molar-refractivity contribution in [3.05, 3.63) is 23.5 Å². The van der Waals surface area contributed by atoms with Crippen molar-refractivity contribution in [3.63, 3.8) is 0 Å². The van der Waals surface area contributed by atoms with Gasteiger partial charge in [0.05, 0.1) is 11.9 Å². The summed E-state index contributed by atoms with van der Waals surface area (Å²) in [4.78, 5) is 16.6. The number of rotatable bonds is 2. The van der Waals surface area contributed by atoms with Crippen molar-refractivity contribution < 1.29 is 9.53 Å². The zero-order valence-corrected chi connectivity index (χ0v) is 12.8. The van der Waals surface area contributed by atoms with Crippen molar-refractivity contribution in [2.45, 2.75) is 50.6 Å². The molecular weight excluding hydrogens is 280 g/mol. The number of amides is 2. The molecule has 1 aromatic rings. The molecule has 2 amide bonds. The summed E-state index contributed by atoms with van der Waals surface area (Å²) in [7, 11) is 0. The highest BCUT2D eigenvalue weighted by Gasteiger charge is 2.18. The average Bonchev–Trinajstić information content (AvgIpc) is 2.75. The van der Waals surface area contributed by atoms with Crippen LogP contribution in [0.15, 0.2) is 12.3 Å². The second-order valence-electron chi connectivity index (χ2n) is 6.17. The first-order valence-corrected chi connectivity index (χ1v) is 8.09. The van der Waals surface area contributed by atoms with E-state index >= 15 is 0 Å². The number of nitrogens with one attached hydrogen (secondary N) is 2. The summed E-state index contributed by atoms with van der Waals surface area (Å²) in [5.41, 5.74) is 8.99. The van der Waals surface area contributed by atoms with Gasteiger partial charge in [0.15, 0.2) is 0 Å². The van der Waals surface area contributed by atoms with Crippen molar-refractivity contribution in [1.82, 2.24) is 10.3 Å². The summed E-state index contributed by atoms with van der Waals surface area (Å²) >= 11 is 0. The second-order valence-corrected chi connectivity index (χ2v) is 6.17. The molecule has 1 aliphatic carbocycles. The minimum Gasteiger partial charge on any atom is -0.381 e. The van der Waals surface area contributed by atoms with Crippen molar-refractivity contribution in [2.24, 2.45) is 5.73 Å². The molecule has 1 saturated heterocycles. The Balaban J connectivity index is 1.58. The van der Waals surface area contributed by atoms with Gasteiger partial charge in [-0.2, -0.15) is 0 Å². The Labute approximate surface area is 130 Å². The van der Waals surface area contributed by atoms with E-state index in [2.05, 4.69) is 15.6 Å². The quantitative estimate of drug-likeness (QED) is 0.774. The monoisotopic (exact) mass is 304 g/mol. The van der Waals surface area contributed by atoms with E-state index in [1.807, 2.05) is 6.07 Å². The smallest absolute Gasteiger partial charge is 0.319 e. The fourth-order valence-electron chi connectivity index (χ4n) is 3.12. The van der Waals surface area contributed by atoms with E-state index in [-0.39, 0.29) is 18.1 Å². The second kappa shape index (κ2) is 7.07. The number of fused-ring (bicyclic) bond motifs is 1. The van der Waals surface area contributed by atoms with Crippen LogP contribution in [-0.2, 0) is 17.6 Å². The van der Waals surface area contributed by atoms with E-state index in [0.29, 0.717) is 6.61 Å². The first-order valence-electron chi connectivity index (χ1n) is 8.09. The zero-order chi connectivity index (χ0) is 15.4. The summed E-state index contributed by atoms with van der Waals surface area (Å²) in [6.45, 7) is 1.50. The van der Waals surface area contributed by atoms with Gasteiger partial charge in [-0.3, -0.25) is 4.98 Å². The Hall–Kier alpha value is -1.66. The number of nitrogens with two attached hydrogens (primary N) is 1. The van der Waals surface area contributed by atoms with Crippen LogP contribution in [0.3, 0.4) is 0 Å². The van der Waals surface area contributed by atoms with Crippen LogP contribution in [0, 0.1) is 0 Å². The molecule has 1 fully saturated rings. The maximum atomic E-state index is 12.1. The van der Waals surface area contributed by atoms with Gasteiger partial charge >= 0.3 is 6.03 Å². The lowest BCUT2D eigenvalue weighted by molar-refractivity contribution is 0.143. The third-order valence-electron chi connectivity index (χ3n) is 4.34. The van der Waals surface area contributed by atoms with E-state index in [1.54, 1.807) is 6.20 Å². The van der Waals surface area contributed by atoms with Gasteiger partial charge in [0.1, 0.15) is 0 Å². The number of aromatic nitrogens is 1. The first-order chi connectivity index (χ1) is 10.7. The van der Waals surface area contributed by atoms with Crippen LogP contribution in [0.4, 0.5) is 10.5 Å². The van der Waals surface area contributed by atoms with Crippen LogP contribution in [-0.4, -0.2) is 36.3 Å². The zero-order valence-electron chi connectivity index (χ0n) is 12.8. The fraction of sp³-hybridized carbons (Fsp3) is 0.625. The van der Waals surface area contributed by atoms with Crippen molar-refractivity contribution in [2.75, 3.05) is 18.5 Å². The average molecular weight is 304 g/mol. The minimum atomic E-state index is -0.172. The van der Waals surface area contributed by atoms with Crippen LogP contribution in [0.1, 0.15) is 36.9 Å². The molecule has 1 aromatic heterocycles. The SMILES string of the molecule is NC1CCc2ncc(NC(=O)NC3CCCOCC3)cc2C1. The number of aryl methyl sites for hydroxylation is 1. The Kier molecular flexibility index (Phi) is 4.90. The molecule has 2 aliphatic rings. The summed E-state index contributed by atoms with van der Waals surface area (Å²) < 4.78 is 5.40. The molecule has 2 unspecified atom stereocenters. The van der Waals surface area contributed by atoms with Gasteiger partial charge < -0.3 is 21.1 Å². The molecule has 0 bridgehead atoms. The number of carbonyl (C=O) groups is 1. The Bertz CT molecular complexity index is 527. The molecule has 0 spiro atoms. The summed E-state index contributed by atoms with van der Waals surface area (Å²) in [6.07, 6.45) is 7.28. The molecule has 6 nitrogen and oxygen atoms in total. The number of urea groups is 1. The molecule has 22 heavy (non-hydrogen) atoms.